The van der Waals surface area contributed by atoms with E-state index >= 15 is 0 Å². The number of hydrogen-bond acceptors (Lipinski definition) is 5. The number of amides is 1. The first-order valence-electron chi connectivity index (χ1n) is 14.0. The Morgan fingerprint density at radius 1 is 1.07 bits per heavy atom. The number of aryl methyl sites for hydroxylation is 1. The normalized spacial score (nSPS) is 16.6. The quantitative estimate of drug-likeness (QED) is 0.251. The number of para-hydroxylation sites is 1. The molecule has 2 aliphatic heterocycles. The number of carbonyl (C=O) groups excluding carboxylic acids is 1. The highest BCUT2D eigenvalue weighted by atomic mass is 19.4. The summed E-state index contributed by atoms with van der Waals surface area (Å²) in [4.78, 5) is 16.1. The number of hydrogen-bond donors (Lipinski definition) is 0. The molecule has 0 aliphatic carbocycles. The van der Waals surface area contributed by atoms with E-state index in [-0.39, 0.29) is 24.1 Å². The van der Waals surface area contributed by atoms with Crippen LogP contribution in [0.15, 0.2) is 67.0 Å². The summed E-state index contributed by atoms with van der Waals surface area (Å²) < 4.78 is 56.7. The van der Waals surface area contributed by atoms with Gasteiger partial charge < -0.3 is 14.4 Å². The van der Waals surface area contributed by atoms with Crippen LogP contribution in [-0.2, 0) is 26.2 Å². The minimum absolute atomic E-state index is 0.0409. The molecule has 1 amide bonds. The fraction of sp³-hybridized carbons (Fsp3) is 0.281. The maximum absolute atomic E-state index is 14.3. The van der Waals surface area contributed by atoms with Crippen molar-refractivity contribution in [1.82, 2.24) is 24.5 Å². The summed E-state index contributed by atoms with van der Waals surface area (Å²) in [5.41, 5.74) is 2.75. The van der Waals surface area contributed by atoms with Crippen molar-refractivity contribution in [3.8, 4) is 22.6 Å². The van der Waals surface area contributed by atoms with E-state index in [9.17, 15) is 18.0 Å². The molecular formula is C32H28F3N5O3. The van der Waals surface area contributed by atoms with Crippen molar-refractivity contribution in [3.05, 3.63) is 94.9 Å². The number of carbonyl (C=O) groups is 1. The monoisotopic (exact) mass is 587 g/mol. The third-order valence-corrected chi connectivity index (χ3v) is 8.28. The highest BCUT2D eigenvalue weighted by Crippen LogP contribution is 2.43. The molecule has 220 valence electrons. The van der Waals surface area contributed by atoms with E-state index in [0.29, 0.717) is 59.7 Å². The highest BCUT2D eigenvalue weighted by Gasteiger charge is 2.40. The van der Waals surface area contributed by atoms with Crippen molar-refractivity contribution in [1.29, 1.82) is 0 Å². The average Bonchev–Trinajstić information content (AvgIpc) is 3.60. The first kappa shape index (κ1) is 27.1. The molecule has 5 aromatic rings. The van der Waals surface area contributed by atoms with Gasteiger partial charge in [-0.1, -0.05) is 18.2 Å². The van der Waals surface area contributed by atoms with Crippen molar-refractivity contribution in [2.75, 3.05) is 20.3 Å². The summed E-state index contributed by atoms with van der Waals surface area (Å²) in [6.45, 7) is 1.08. The molecule has 11 heteroatoms. The summed E-state index contributed by atoms with van der Waals surface area (Å²) >= 11 is 0. The van der Waals surface area contributed by atoms with Crippen LogP contribution in [0.25, 0.3) is 22.0 Å². The van der Waals surface area contributed by atoms with Crippen LogP contribution in [0, 0.1) is 0 Å². The molecule has 3 aromatic carbocycles. The van der Waals surface area contributed by atoms with E-state index in [4.69, 9.17) is 9.47 Å². The van der Waals surface area contributed by atoms with Gasteiger partial charge in [0.15, 0.2) is 5.69 Å². The van der Waals surface area contributed by atoms with Gasteiger partial charge >= 0.3 is 6.18 Å². The standard InChI is InChI=1S/C32H28F3N5O3/c1-38-18-26(30(37-38)32(33,34)35)23-13-19(17-40-27-6-4-3-5-20(27)16-36-40)14-24-22(23)9-11-39(31(24)41)28-10-12-43-29-8-7-21(42-2)15-25(28)29/h3-8,13-16,18,28H,9-12,17H2,1-2H3/t28-/m0/s1. The molecule has 0 unspecified atom stereocenters. The van der Waals surface area contributed by atoms with E-state index in [2.05, 4.69) is 10.2 Å². The molecule has 0 saturated heterocycles. The van der Waals surface area contributed by atoms with E-state index < -0.39 is 11.9 Å². The van der Waals surface area contributed by atoms with Gasteiger partial charge in [0.1, 0.15) is 11.5 Å². The second-order valence-corrected chi connectivity index (χ2v) is 10.9. The minimum Gasteiger partial charge on any atom is -0.497 e. The maximum atomic E-state index is 14.3. The highest BCUT2D eigenvalue weighted by molar-refractivity contribution is 5.99. The third-order valence-electron chi connectivity index (χ3n) is 8.28. The van der Waals surface area contributed by atoms with Gasteiger partial charge in [-0.05, 0) is 59.5 Å². The molecule has 43 heavy (non-hydrogen) atoms. The van der Waals surface area contributed by atoms with Crippen LogP contribution in [-0.4, -0.2) is 50.6 Å². The average molecular weight is 588 g/mol. The van der Waals surface area contributed by atoms with Crippen LogP contribution < -0.4 is 9.47 Å². The van der Waals surface area contributed by atoms with Gasteiger partial charge in [-0.25, -0.2) is 0 Å². The number of halogens is 3. The smallest absolute Gasteiger partial charge is 0.435 e. The predicted octanol–water partition coefficient (Wildman–Crippen LogP) is 6.03. The summed E-state index contributed by atoms with van der Waals surface area (Å²) in [5, 5.41) is 9.22. The minimum atomic E-state index is -4.66. The zero-order chi connectivity index (χ0) is 29.9. The molecule has 0 fully saturated rings. The van der Waals surface area contributed by atoms with Gasteiger partial charge in [-0.2, -0.15) is 23.4 Å². The Kier molecular flexibility index (Phi) is 6.41. The van der Waals surface area contributed by atoms with Crippen molar-refractivity contribution in [3.63, 3.8) is 0 Å². The van der Waals surface area contributed by atoms with Crippen molar-refractivity contribution >= 4 is 16.8 Å². The van der Waals surface area contributed by atoms with Crippen LogP contribution in [0.2, 0.25) is 0 Å². The fourth-order valence-electron chi connectivity index (χ4n) is 6.33. The summed E-state index contributed by atoms with van der Waals surface area (Å²) in [6.07, 6.45) is -0.546. The number of alkyl halides is 3. The number of methoxy groups -OCH3 is 1. The van der Waals surface area contributed by atoms with Gasteiger partial charge in [0.05, 0.1) is 38.0 Å². The number of benzene rings is 3. The molecule has 0 N–H and O–H groups in total. The summed E-state index contributed by atoms with van der Waals surface area (Å²) in [7, 11) is 3.05. The number of aromatic nitrogens is 4. The van der Waals surface area contributed by atoms with Crippen LogP contribution in [0.3, 0.4) is 0 Å². The second kappa shape index (κ2) is 10.2. The van der Waals surface area contributed by atoms with Crippen LogP contribution in [0.1, 0.15) is 45.2 Å². The Labute approximate surface area is 245 Å². The first-order chi connectivity index (χ1) is 20.7. The van der Waals surface area contributed by atoms with E-state index in [1.54, 1.807) is 30.1 Å². The number of fused-ring (bicyclic) bond motifs is 3. The largest absolute Gasteiger partial charge is 0.497 e. The number of rotatable bonds is 5. The summed E-state index contributed by atoms with van der Waals surface area (Å²) in [6, 6.07) is 16.6. The molecule has 0 bridgehead atoms. The van der Waals surface area contributed by atoms with Crippen LogP contribution in [0.5, 0.6) is 11.5 Å². The molecule has 7 rings (SSSR count). The second-order valence-electron chi connectivity index (χ2n) is 10.9. The zero-order valence-corrected chi connectivity index (χ0v) is 23.6. The molecule has 8 nitrogen and oxygen atoms in total. The number of nitrogens with zero attached hydrogens (tertiary/aromatic N) is 5. The lowest BCUT2D eigenvalue weighted by molar-refractivity contribution is -0.140. The molecular weight excluding hydrogens is 559 g/mol. The molecule has 4 heterocycles. The molecule has 0 spiro atoms. The van der Waals surface area contributed by atoms with Crippen molar-refractivity contribution in [2.24, 2.45) is 7.05 Å². The van der Waals surface area contributed by atoms with Gasteiger partial charge in [-0.15, -0.1) is 0 Å². The van der Waals surface area contributed by atoms with E-state index in [1.165, 1.54) is 17.9 Å². The Bertz CT molecular complexity index is 1880. The lowest BCUT2D eigenvalue weighted by Gasteiger charge is -2.39. The maximum Gasteiger partial charge on any atom is 0.435 e. The lowest BCUT2D eigenvalue weighted by Crippen LogP contribution is -2.42. The summed E-state index contributed by atoms with van der Waals surface area (Å²) in [5.74, 6) is 1.13. The predicted molar refractivity (Wildman–Crippen MR) is 153 cm³/mol. The zero-order valence-electron chi connectivity index (χ0n) is 23.6. The van der Waals surface area contributed by atoms with Crippen LogP contribution >= 0.6 is 0 Å². The van der Waals surface area contributed by atoms with Crippen molar-refractivity contribution in [2.45, 2.75) is 31.6 Å². The molecule has 1 atom stereocenters. The van der Waals surface area contributed by atoms with Gasteiger partial charge in [0.25, 0.3) is 5.91 Å². The third kappa shape index (κ3) is 4.68. The van der Waals surface area contributed by atoms with Gasteiger partial charge in [-0.3, -0.25) is 14.2 Å². The van der Waals surface area contributed by atoms with Gasteiger partial charge in [0.2, 0.25) is 0 Å². The SMILES string of the molecule is COc1ccc2c(c1)[C@@H](N1CCc3c(cc(Cn4ncc5ccccc54)cc3-c3cn(C)nc3C(F)(F)F)C1=O)CCO2. The molecule has 2 aliphatic rings. The lowest BCUT2D eigenvalue weighted by atomic mass is 9.86. The fourth-order valence-corrected chi connectivity index (χ4v) is 6.33. The topological polar surface area (TPSA) is 74.4 Å². The molecule has 0 radical (unpaired) electrons. The van der Waals surface area contributed by atoms with Gasteiger partial charge in [0, 0.05) is 48.3 Å². The molecule has 0 saturated carbocycles. The Morgan fingerprint density at radius 2 is 1.88 bits per heavy atom. The van der Waals surface area contributed by atoms with Crippen molar-refractivity contribution < 1.29 is 27.4 Å². The van der Waals surface area contributed by atoms with E-state index in [1.807, 2.05) is 47.4 Å². The molecule has 2 aromatic heterocycles. The first-order valence-corrected chi connectivity index (χ1v) is 14.0. The Morgan fingerprint density at radius 3 is 2.70 bits per heavy atom. The Hall–Kier alpha value is -4.80. The number of ether oxygens (including phenoxy) is 2. The Balaban J connectivity index is 1.36. The van der Waals surface area contributed by atoms with Crippen LogP contribution in [0.4, 0.5) is 13.2 Å². The van der Waals surface area contributed by atoms with E-state index in [0.717, 1.165) is 16.5 Å².